The highest BCUT2D eigenvalue weighted by molar-refractivity contribution is 9.10. The fraction of sp³-hybridized carbons (Fsp3) is 0.500. The minimum atomic E-state index is -0.380. The van der Waals surface area contributed by atoms with Gasteiger partial charge in [0.25, 0.3) is 5.69 Å². The molecular weight excluding hydrogens is 284 g/mol. The number of nitrogens with zero attached hydrogens (tertiary/aromatic N) is 1. The van der Waals surface area contributed by atoms with Crippen molar-refractivity contribution in [1.29, 1.82) is 0 Å². The van der Waals surface area contributed by atoms with Gasteiger partial charge in [-0.05, 0) is 24.9 Å². The first-order chi connectivity index (χ1) is 8.01. The molecule has 0 saturated carbocycles. The molecule has 5 heteroatoms. The maximum absolute atomic E-state index is 10.7. The Kier molecular flexibility index (Phi) is 5.08. The quantitative estimate of drug-likeness (QED) is 0.669. The zero-order chi connectivity index (χ0) is 13.0. The molecule has 2 atom stereocenters. The zero-order valence-electron chi connectivity index (χ0n) is 10.2. The number of likely N-dealkylation sites (N-methyl/N-ethyl adjacent to an activating group) is 1. The van der Waals surface area contributed by atoms with Crippen LogP contribution in [0.5, 0.6) is 0 Å². The summed E-state index contributed by atoms with van der Waals surface area (Å²) in [6.07, 6.45) is 1.01. The van der Waals surface area contributed by atoms with Crippen molar-refractivity contribution in [3.63, 3.8) is 0 Å². The molecular formula is C12H17BrN2O2. The van der Waals surface area contributed by atoms with E-state index in [1.165, 1.54) is 0 Å². The van der Waals surface area contributed by atoms with Gasteiger partial charge in [0.05, 0.1) is 4.92 Å². The summed E-state index contributed by atoms with van der Waals surface area (Å²) < 4.78 is 0.799. The number of nitrogens with one attached hydrogen (secondary N) is 1. The molecule has 17 heavy (non-hydrogen) atoms. The lowest BCUT2D eigenvalue weighted by atomic mass is 9.91. The number of halogens is 1. The van der Waals surface area contributed by atoms with Gasteiger partial charge in [0.15, 0.2) is 0 Å². The first-order valence-electron chi connectivity index (χ1n) is 5.62. The van der Waals surface area contributed by atoms with Crippen LogP contribution in [0.2, 0.25) is 0 Å². The second-order valence-corrected chi connectivity index (χ2v) is 4.91. The maximum atomic E-state index is 10.7. The highest BCUT2D eigenvalue weighted by Crippen LogP contribution is 2.31. The van der Waals surface area contributed by atoms with Crippen LogP contribution in [0.25, 0.3) is 0 Å². The number of rotatable bonds is 5. The minimum absolute atomic E-state index is 0.116. The van der Waals surface area contributed by atoms with E-state index in [0.717, 1.165) is 16.5 Å². The first-order valence-corrected chi connectivity index (χ1v) is 6.41. The van der Waals surface area contributed by atoms with E-state index < -0.39 is 0 Å². The Labute approximate surface area is 110 Å². The van der Waals surface area contributed by atoms with Gasteiger partial charge in [-0.2, -0.15) is 0 Å². The first kappa shape index (κ1) is 14.1. The van der Waals surface area contributed by atoms with E-state index in [0.29, 0.717) is 12.0 Å². The molecule has 0 amide bonds. The Morgan fingerprint density at radius 2 is 2.18 bits per heavy atom. The number of benzene rings is 1. The van der Waals surface area contributed by atoms with Crippen LogP contribution >= 0.6 is 15.9 Å². The van der Waals surface area contributed by atoms with Gasteiger partial charge in [-0.3, -0.25) is 10.1 Å². The topological polar surface area (TPSA) is 55.2 Å². The van der Waals surface area contributed by atoms with E-state index in [1.807, 2.05) is 13.1 Å². The van der Waals surface area contributed by atoms with Crippen molar-refractivity contribution in [2.45, 2.75) is 32.2 Å². The third-order valence-corrected chi connectivity index (χ3v) is 3.79. The smallest absolute Gasteiger partial charge is 0.270 e. The number of nitro groups is 1. The molecule has 0 fully saturated rings. The lowest BCUT2D eigenvalue weighted by molar-refractivity contribution is -0.384. The maximum Gasteiger partial charge on any atom is 0.270 e. The molecule has 0 aliphatic rings. The predicted molar refractivity (Wildman–Crippen MR) is 72.4 cm³/mol. The van der Waals surface area contributed by atoms with Gasteiger partial charge in [-0.25, -0.2) is 0 Å². The second kappa shape index (κ2) is 6.12. The summed E-state index contributed by atoms with van der Waals surface area (Å²) in [5, 5.41) is 13.9. The molecule has 1 aromatic carbocycles. The number of hydrogen-bond donors (Lipinski definition) is 1. The van der Waals surface area contributed by atoms with E-state index in [2.05, 4.69) is 35.1 Å². The van der Waals surface area contributed by atoms with Gasteiger partial charge in [0.2, 0.25) is 0 Å². The van der Waals surface area contributed by atoms with Gasteiger partial charge in [0.1, 0.15) is 0 Å². The standard InChI is InChI=1S/C12H17BrN2O2/c1-4-12(14-3)8(2)10-6-5-9(15(16)17)7-11(10)13/h5-8,12,14H,4H2,1-3H3. The fourth-order valence-electron chi connectivity index (χ4n) is 2.02. The molecule has 0 bridgehead atoms. The minimum Gasteiger partial charge on any atom is -0.316 e. The van der Waals surface area contributed by atoms with Crippen LogP contribution in [0.3, 0.4) is 0 Å². The Hall–Kier alpha value is -0.940. The summed E-state index contributed by atoms with van der Waals surface area (Å²) in [5.41, 5.74) is 1.21. The Balaban J connectivity index is 3.03. The molecule has 94 valence electrons. The van der Waals surface area contributed by atoms with Gasteiger partial charge >= 0.3 is 0 Å². The summed E-state index contributed by atoms with van der Waals surface area (Å²) in [4.78, 5) is 10.3. The summed E-state index contributed by atoms with van der Waals surface area (Å²) >= 11 is 3.41. The molecule has 0 aliphatic carbocycles. The van der Waals surface area contributed by atoms with Crippen molar-refractivity contribution in [2.75, 3.05) is 7.05 Å². The van der Waals surface area contributed by atoms with E-state index in [4.69, 9.17) is 0 Å². The number of hydrogen-bond acceptors (Lipinski definition) is 3. The molecule has 1 N–H and O–H groups in total. The third kappa shape index (κ3) is 3.26. The van der Waals surface area contributed by atoms with Gasteiger partial charge in [-0.1, -0.05) is 35.8 Å². The largest absolute Gasteiger partial charge is 0.316 e. The lowest BCUT2D eigenvalue weighted by Crippen LogP contribution is -2.30. The molecule has 4 nitrogen and oxygen atoms in total. The number of non-ortho nitro benzene ring substituents is 1. The van der Waals surface area contributed by atoms with Crippen molar-refractivity contribution in [2.24, 2.45) is 0 Å². The van der Waals surface area contributed by atoms with Gasteiger partial charge < -0.3 is 5.32 Å². The third-order valence-electron chi connectivity index (χ3n) is 3.10. The molecule has 0 radical (unpaired) electrons. The summed E-state index contributed by atoms with van der Waals surface area (Å²) in [6, 6.07) is 5.31. The van der Waals surface area contributed by atoms with Crippen LogP contribution in [-0.2, 0) is 0 Å². The number of nitro benzene ring substituents is 1. The van der Waals surface area contributed by atoms with Crippen LogP contribution in [0, 0.1) is 10.1 Å². The highest BCUT2D eigenvalue weighted by Gasteiger charge is 2.19. The molecule has 0 aliphatic heterocycles. The average Bonchev–Trinajstić information content (AvgIpc) is 2.30. The normalized spacial score (nSPS) is 14.4. The summed E-state index contributed by atoms with van der Waals surface area (Å²) in [5.74, 6) is 0.306. The van der Waals surface area contributed by atoms with Gasteiger partial charge in [-0.15, -0.1) is 0 Å². The average molecular weight is 301 g/mol. The van der Waals surface area contributed by atoms with E-state index in [-0.39, 0.29) is 10.6 Å². The van der Waals surface area contributed by atoms with Crippen LogP contribution in [0.1, 0.15) is 31.7 Å². The van der Waals surface area contributed by atoms with E-state index in [9.17, 15) is 10.1 Å². The van der Waals surface area contributed by atoms with Crippen molar-refractivity contribution in [1.82, 2.24) is 5.32 Å². The van der Waals surface area contributed by atoms with E-state index in [1.54, 1.807) is 12.1 Å². The molecule has 0 saturated heterocycles. The van der Waals surface area contributed by atoms with Crippen LogP contribution in [-0.4, -0.2) is 18.0 Å². The van der Waals surface area contributed by atoms with Gasteiger partial charge in [0, 0.05) is 22.6 Å². The fourth-order valence-corrected chi connectivity index (χ4v) is 2.75. The SMILES string of the molecule is CCC(NC)C(C)c1ccc([N+](=O)[O-])cc1Br. The van der Waals surface area contributed by atoms with Crippen molar-refractivity contribution < 1.29 is 4.92 Å². The molecule has 1 rings (SSSR count). The van der Waals surface area contributed by atoms with Crippen LogP contribution in [0.15, 0.2) is 22.7 Å². The van der Waals surface area contributed by atoms with Crippen molar-refractivity contribution >= 4 is 21.6 Å². The molecule has 1 aromatic rings. The highest BCUT2D eigenvalue weighted by atomic mass is 79.9. The summed E-state index contributed by atoms with van der Waals surface area (Å²) in [6.45, 7) is 4.24. The lowest BCUT2D eigenvalue weighted by Gasteiger charge is -2.23. The van der Waals surface area contributed by atoms with Crippen LogP contribution < -0.4 is 5.32 Å². The van der Waals surface area contributed by atoms with Crippen LogP contribution in [0.4, 0.5) is 5.69 Å². The monoisotopic (exact) mass is 300 g/mol. The molecule has 2 unspecified atom stereocenters. The zero-order valence-corrected chi connectivity index (χ0v) is 11.8. The summed E-state index contributed by atoms with van der Waals surface area (Å²) in [7, 11) is 1.93. The van der Waals surface area contributed by atoms with Crippen molar-refractivity contribution in [3.05, 3.63) is 38.3 Å². The molecule has 0 aromatic heterocycles. The Morgan fingerprint density at radius 1 is 1.53 bits per heavy atom. The molecule has 0 spiro atoms. The second-order valence-electron chi connectivity index (χ2n) is 4.06. The van der Waals surface area contributed by atoms with E-state index >= 15 is 0 Å². The predicted octanol–water partition coefficient (Wildman–Crippen LogP) is 3.46. The Morgan fingerprint density at radius 3 is 2.59 bits per heavy atom. The molecule has 0 heterocycles. The Bertz CT molecular complexity index is 405. The van der Waals surface area contributed by atoms with Crippen molar-refractivity contribution in [3.8, 4) is 0 Å².